The number of nitrogens with zero attached hydrogens (tertiary/aromatic N) is 3. The molecule has 0 bridgehead atoms. The fourth-order valence-electron chi connectivity index (χ4n) is 7.67. The van der Waals surface area contributed by atoms with Gasteiger partial charge in [-0.1, -0.05) is 103 Å². The van der Waals surface area contributed by atoms with Crippen molar-refractivity contribution >= 4 is 21.5 Å². The van der Waals surface area contributed by atoms with Gasteiger partial charge in [0.05, 0.1) is 31.6 Å². The number of hydrogen-bond acceptors (Lipinski definition) is 16. The predicted molar refractivity (Wildman–Crippen MR) is 227 cm³/mol. The number of halogens is 1. The number of aromatic nitrogens is 4. The first kappa shape index (κ1) is 53.9. The van der Waals surface area contributed by atoms with Gasteiger partial charge in [0.15, 0.2) is 6.23 Å². The van der Waals surface area contributed by atoms with Crippen LogP contribution in [0.4, 0.5) is 10.2 Å². The number of H-pyrrole nitrogens is 1. The van der Waals surface area contributed by atoms with E-state index in [1.165, 1.54) is 76.5 Å². The van der Waals surface area contributed by atoms with E-state index in [9.17, 15) is 57.9 Å². The Morgan fingerprint density at radius 3 is 2.02 bits per heavy atom. The van der Waals surface area contributed by atoms with Crippen molar-refractivity contribution < 1.29 is 71.3 Å². The summed E-state index contributed by atoms with van der Waals surface area (Å²) >= 11 is 0. The highest BCUT2D eigenvalue weighted by Gasteiger charge is 2.47. The molecule has 2 saturated heterocycles. The summed E-state index contributed by atoms with van der Waals surface area (Å²) in [5, 5.41) is 32.3. The van der Waals surface area contributed by atoms with Crippen LogP contribution < -0.4 is 22.7 Å². The first-order chi connectivity index (χ1) is 30.4. The summed E-state index contributed by atoms with van der Waals surface area (Å²) < 4.78 is 73.4. The van der Waals surface area contributed by atoms with Crippen molar-refractivity contribution in [1.29, 1.82) is 0 Å². The second-order valence-electron chi connectivity index (χ2n) is 16.3. The Morgan fingerprint density at radius 2 is 1.44 bits per heavy atom. The molecule has 64 heavy (non-hydrogen) atoms. The number of unbranched alkanes of at least 4 members (excludes halogenated alkanes) is 15. The number of aliphatic hydroxyl groups excluding tert-OH is 3. The molecule has 2 aromatic rings. The van der Waals surface area contributed by atoms with Crippen LogP contribution in [0.3, 0.4) is 0 Å². The molecule has 0 spiro atoms. The van der Waals surface area contributed by atoms with Gasteiger partial charge in [-0.25, -0.2) is 18.7 Å². The summed E-state index contributed by atoms with van der Waals surface area (Å²) in [4.78, 5) is 71.9. The average molecular weight is 958 g/mol. The van der Waals surface area contributed by atoms with E-state index in [1.807, 2.05) is 0 Å². The standard InChI is InChI=1S/C39H66FN5O17P2/c1-2-3-4-5-6-7-8-9-10-11-12-13-14-15-16-17-20-57-31(25-59-64(55,56)58-24-30-27(46)21-33(60-30)45-23-26(40)36(49)43-39(45)51)28(62-63(52,53)54)22-29-34(47)35(48)37(61-29)44-19-18-32(41)42-38(44)50/h18-19,23,27-31,33-35,37,46-48H,2-17,20-22,24-25H2,1H3,(H,55,56)(H2,41,42,50)(H,43,49,51)(H2,52,53,54). The molecular weight excluding hydrogens is 891 g/mol. The van der Waals surface area contributed by atoms with E-state index < -0.39 is 113 Å². The highest BCUT2D eigenvalue weighted by molar-refractivity contribution is 7.47. The Hall–Kier alpha value is -2.73. The van der Waals surface area contributed by atoms with E-state index in [1.54, 1.807) is 4.98 Å². The van der Waals surface area contributed by atoms with E-state index in [-0.39, 0.29) is 18.8 Å². The molecule has 9 N–H and O–H groups in total. The normalized spacial score (nSPS) is 24.5. The molecule has 2 fully saturated rings. The summed E-state index contributed by atoms with van der Waals surface area (Å²) in [6.07, 6.45) is 5.16. The number of aliphatic hydroxyl groups is 3. The van der Waals surface area contributed by atoms with Crippen molar-refractivity contribution in [3.05, 3.63) is 55.6 Å². The fourth-order valence-corrected chi connectivity index (χ4v) is 8.99. The first-order valence-electron chi connectivity index (χ1n) is 22.1. The van der Waals surface area contributed by atoms with Crippen LogP contribution in [0.1, 0.15) is 135 Å². The minimum atomic E-state index is -5.36. The zero-order valence-corrected chi connectivity index (χ0v) is 37.9. The molecule has 22 nitrogen and oxygen atoms in total. The van der Waals surface area contributed by atoms with Gasteiger partial charge in [-0.05, 0) is 12.5 Å². The van der Waals surface area contributed by atoms with Crippen LogP contribution >= 0.6 is 15.6 Å². The number of phosphoric acid groups is 2. The quantitative estimate of drug-likeness (QED) is 0.0396. The van der Waals surface area contributed by atoms with Crippen molar-refractivity contribution in [2.75, 3.05) is 25.6 Å². The highest BCUT2D eigenvalue weighted by atomic mass is 31.2. The number of rotatable bonds is 31. The summed E-state index contributed by atoms with van der Waals surface area (Å²) in [7, 11) is -10.5. The topological polar surface area (TPSA) is 327 Å². The molecule has 2 aliphatic heterocycles. The highest BCUT2D eigenvalue weighted by Crippen LogP contribution is 2.46. The number of anilines is 1. The van der Waals surface area contributed by atoms with Gasteiger partial charge in [0.2, 0.25) is 5.82 Å². The van der Waals surface area contributed by atoms with E-state index >= 15 is 0 Å². The molecule has 10 atom stereocenters. The first-order valence-corrected chi connectivity index (χ1v) is 25.1. The van der Waals surface area contributed by atoms with Gasteiger partial charge in [0, 0.05) is 25.6 Å². The Bertz CT molecular complexity index is 1990. The summed E-state index contributed by atoms with van der Waals surface area (Å²) in [5.41, 5.74) is 2.35. The molecule has 0 aliphatic carbocycles. The molecule has 4 heterocycles. The minimum Gasteiger partial charge on any atom is -0.390 e. The predicted octanol–water partition coefficient (Wildman–Crippen LogP) is 3.43. The van der Waals surface area contributed by atoms with Gasteiger partial charge < -0.3 is 49.9 Å². The van der Waals surface area contributed by atoms with Crippen molar-refractivity contribution in [1.82, 2.24) is 19.1 Å². The maximum Gasteiger partial charge on any atom is 0.472 e. The largest absolute Gasteiger partial charge is 0.472 e. The fraction of sp³-hybridized carbons (Fsp3) is 0.795. The lowest BCUT2D eigenvalue weighted by Gasteiger charge is -2.30. The van der Waals surface area contributed by atoms with Crippen LogP contribution in [0.5, 0.6) is 0 Å². The molecule has 0 radical (unpaired) electrons. The third-order valence-electron chi connectivity index (χ3n) is 11.2. The van der Waals surface area contributed by atoms with Crippen LogP contribution in [0, 0.1) is 5.82 Å². The van der Waals surface area contributed by atoms with Crippen LogP contribution in [-0.2, 0) is 36.9 Å². The van der Waals surface area contributed by atoms with E-state index in [0.29, 0.717) is 17.2 Å². The lowest BCUT2D eigenvalue weighted by atomic mass is 10.0. The van der Waals surface area contributed by atoms with Crippen LogP contribution in [0.15, 0.2) is 32.8 Å². The monoisotopic (exact) mass is 957 g/mol. The number of hydrogen-bond donors (Lipinski definition) is 8. The average Bonchev–Trinajstić information content (AvgIpc) is 3.73. The molecule has 0 saturated carbocycles. The molecule has 2 aliphatic rings. The molecule has 25 heteroatoms. The van der Waals surface area contributed by atoms with Crippen molar-refractivity contribution in [3.63, 3.8) is 0 Å². The van der Waals surface area contributed by atoms with Gasteiger partial charge in [0.1, 0.15) is 42.6 Å². The van der Waals surface area contributed by atoms with Gasteiger partial charge in [-0.15, -0.1) is 0 Å². The van der Waals surface area contributed by atoms with Crippen molar-refractivity contribution in [2.45, 2.75) is 178 Å². The van der Waals surface area contributed by atoms with Gasteiger partial charge in [0.25, 0.3) is 5.56 Å². The Balaban J connectivity index is 1.35. The van der Waals surface area contributed by atoms with E-state index in [0.717, 1.165) is 36.7 Å². The third-order valence-corrected chi connectivity index (χ3v) is 12.7. The lowest BCUT2D eigenvalue weighted by Crippen LogP contribution is -2.41. The van der Waals surface area contributed by atoms with Gasteiger partial charge >= 0.3 is 27.0 Å². The Labute approximate surface area is 370 Å². The summed E-state index contributed by atoms with van der Waals surface area (Å²) in [6.45, 7) is 0.509. The third kappa shape index (κ3) is 17.8. The number of nitrogen functional groups attached to an aromatic ring is 1. The van der Waals surface area contributed by atoms with Crippen LogP contribution in [0.2, 0.25) is 0 Å². The summed E-state index contributed by atoms with van der Waals surface area (Å²) in [5.74, 6) is -1.41. The van der Waals surface area contributed by atoms with E-state index in [2.05, 4.69) is 11.9 Å². The molecule has 0 aromatic carbocycles. The van der Waals surface area contributed by atoms with Crippen LogP contribution in [-0.4, -0.2) is 112 Å². The number of nitrogens with one attached hydrogen (secondary N) is 1. The van der Waals surface area contributed by atoms with Crippen molar-refractivity contribution in [2.24, 2.45) is 0 Å². The maximum absolute atomic E-state index is 13.9. The Kier molecular flexibility index (Phi) is 22.4. The van der Waals surface area contributed by atoms with Crippen molar-refractivity contribution in [3.8, 4) is 0 Å². The number of phosphoric ester groups is 2. The molecule has 366 valence electrons. The second-order valence-corrected chi connectivity index (χ2v) is 19.0. The molecule has 4 rings (SSSR count). The minimum absolute atomic E-state index is 0.0237. The number of aromatic amines is 1. The molecule has 10 unspecified atom stereocenters. The Morgan fingerprint density at radius 1 is 0.844 bits per heavy atom. The zero-order valence-electron chi connectivity index (χ0n) is 36.1. The van der Waals surface area contributed by atoms with Crippen LogP contribution in [0.25, 0.3) is 0 Å². The lowest BCUT2D eigenvalue weighted by molar-refractivity contribution is -0.0962. The van der Waals surface area contributed by atoms with E-state index in [4.69, 9.17) is 33.5 Å². The molecule has 2 aromatic heterocycles. The van der Waals surface area contributed by atoms with Gasteiger partial charge in [-0.3, -0.25) is 32.5 Å². The number of nitrogens with two attached hydrogens (primary N) is 1. The second kappa shape index (κ2) is 26.6. The zero-order chi connectivity index (χ0) is 46.9. The number of ether oxygens (including phenoxy) is 3. The maximum atomic E-state index is 13.9. The summed E-state index contributed by atoms with van der Waals surface area (Å²) in [6, 6.07) is 1.25. The van der Waals surface area contributed by atoms with Gasteiger partial charge in [-0.2, -0.15) is 9.37 Å². The molecule has 0 amide bonds. The smallest absolute Gasteiger partial charge is 0.390 e. The molecular formula is C39H66FN5O17P2. The SMILES string of the molecule is CCCCCCCCCCCCCCCCCCOC(COP(=O)(O)OCC1OC(n2cc(F)c(=O)[nH]c2=O)CC1O)C(CC1OC(n2ccc(N)nc2=O)C(O)C1O)OP(=O)(O)O.